The maximum Gasteiger partial charge on any atom is 0.409 e. The summed E-state index contributed by atoms with van der Waals surface area (Å²) >= 11 is 0. The zero-order valence-electron chi connectivity index (χ0n) is 10.7. The normalized spacial score (nSPS) is 10.1. The Balaban J connectivity index is 1.95. The fraction of sp³-hybridized carbons (Fsp3) is 0.286. The molecule has 1 aromatic heterocycles. The third-order valence-electron chi connectivity index (χ3n) is 2.90. The van der Waals surface area contributed by atoms with Gasteiger partial charge in [-0.25, -0.2) is 4.79 Å². The van der Waals surface area contributed by atoms with E-state index < -0.39 is 6.09 Å². The predicted octanol–water partition coefficient (Wildman–Crippen LogP) is 2.65. The standard InChI is InChI=1S/C14H15N3O2/c1-17(8-4-7-15)14(18)19-10-11-9-16-13-6-3-2-5-12(11)13/h2-3,5-6,9,16H,4,8,10H2,1H3. The van der Waals surface area contributed by atoms with Crippen molar-refractivity contribution in [3.63, 3.8) is 0 Å². The Kier molecular flexibility index (Phi) is 4.04. The highest BCUT2D eigenvalue weighted by atomic mass is 16.6. The summed E-state index contributed by atoms with van der Waals surface area (Å²) in [6, 6.07) is 9.84. The number of ether oxygens (including phenoxy) is 1. The average Bonchev–Trinajstić information content (AvgIpc) is 2.85. The van der Waals surface area contributed by atoms with E-state index in [0.717, 1.165) is 16.5 Å². The van der Waals surface area contributed by atoms with Crippen molar-refractivity contribution in [2.45, 2.75) is 13.0 Å². The number of nitrogens with zero attached hydrogens (tertiary/aromatic N) is 2. The number of hydrogen-bond acceptors (Lipinski definition) is 3. The van der Waals surface area contributed by atoms with Crippen LogP contribution in [0.2, 0.25) is 0 Å². The molecule has 19 heavy (non-hydrogen) atoms. The summed E-state index contributed by atoms with van der Waals surface area (Å²) in [6.07, 6.45) is 1.73. The van der Waals surface area contributed by atoms with Gasteiger partial charge < -0.3 is 14.6 Å². The molecule has 1 N–H and O–H groups in total. The smallest absolute Gasteiger partial charge is 0.409 e. The van der Waals surface area contributed by atoms with E-state index in [1.807, 2.05) is 36.5 Å². The number of carbonyl (C=O) groups is 1. The summed E-state index contributed by atoms with van der Waals surface area (Å²) in [6.45, 7) is 0.600. The van der Waals surface area contributed by atoms with Gasteiger partial charge in [0.25, 0.3) is 0 Å². The van der Waals surface area contributed by atoms with E-state index in [2.05, 4.69) is 4.98 Å². The third-order valence-corrected chi connectivity index (χ3v) is 2.90. The summed E-state index contributed by atoms with van der Waals surface area (Å²) < 4.78 is 5.21. The molecule has 0 bridgehead atoms. The lowest BCUT2D eigenvalue weighted by atomic mass is 10.2. The molecule has 2 rings (SSSR count). The van der Waals surface area contributed by atoms with Gasteiger partial charge in [-0.1, -0.05) is 18.2 Å². The number of hydrogen-bond donors (Lipinski definition) is 1. The number of benzene rings is 1. The largest absolute Gasteiger partial charge is 0.444 e. The predicted molar refractivity (Wildman–Crippen MR) is 71.3 cm³/mol. The molecule has 98 valence electrons. The average molecular weight is 257 g/mol. The van der Waals surface area contributed by atoms with E-state index >= 15 is 0 Å². The van der Waals surface area contributed by atoms with Crippen LogP contribution < -0.4 is 0 Å². The minimum atomic E-state index is -0.416. The molecule has 0 aliphatic rings. The second-order valence-corrected chi connectivity index (χ2v) is 4.24. The van der Waals surface area contributed by atoms with Crippen LogP contribution in [-0.2, 0) is 11.3 Å². The van der Waals surface area contributed by atoms with Crippen LogP contribution in [-0.4, -0.2) is 29.6 Å². The van der Waals surface area contributed by atoms with Crippen LogP contribution in [0.25, 0.3) is 10.9 Å². The molecule has 0 spiro atoms. The summed E-state index contributed by atoms with van der Waals surface area (Å²) in [5.74, 6) is 0. The Hall–Kier alpha value is -2.48. The maximum atomic E-state index is 11.7. The molecule has 2 aromatic rings. The van der Waals surface area contributed by atoms with Crippen LogP contribution in [0.4, 0.5) is 4.79 Å². The molecule has 0 atom stereocenters. The monoisotopic (exact) mass is 257 g/mol. The zero-order chi connectivity index (χ0) is 13.7. The molecule has 5 nitrogen and oxygen atoms in total. The Morgan fingerprint density at radius 3 is 3.05 bits per heavy atom. The SMILES string of the molecule is CN(CCC#N)C(=O)OCc1c[nH]c2ccccc12. The van der Waals surface area contributed by atoms with Gasteiger partial charge in [0.1, 0.15) is 6.61 Å². The molecule has 0 radical (unpaired) electrons. The molecule has 0 aliphatic carbocycles. The Morgan fingerprint density at radius 2 is 2.26 bits per heavy atom. The fourth-order valence-corrected chi connectivity index (χ4v) is 1.81. The molecule has 0 aliphatic heterocycles. The maximum absolute atomic E-state index is 11.7. The first-order valence-electron chi connectivity index (χ1n) is 6.02. The number of rotatable bonds is 4. The Labute approximate surface area is 111 Å². The van der Waals surface area contributed by atoms with Gasteiger partial charge in [-0.2, -0.15) is 5.26 Å². The van der Waals surface area contributed by atoms with Gasteiger partial charge in [-0.3, -0.25) is 0 Å². The van der Waals surface area contributed by atoms with Crippen LogP contribution in [0, 0.1) is 11.3 Å². The lowest BCUT2D eigenvalue weighted by molar-refractivity contribution is 0.106. The van der Waals surface area contributed by atoms with Gasteiger partial charge in [-0.05, 0) is 6.07 Å². The molecular weight excluding hydrogens is 242 g/mol. The number of carbonyl (C=O) groups excluding carboxylic acids is 1. The van der Waals surface area contributed by atoms with E-state index in [9.17, 15) is 4.79 Å². The molecule has 1 amide bonds. The van der Waals surface area contributed by atoms with Gasteiger partial charge >= 0.3 is 6.09 Å². The quantitative estimate of drug-likeness (QED) is 0.915. The lowest BCUT2D eigenvalue weighted by Crippen LogP contribution is -2.28. The number of fused-ring (bicyclic) bond motifs is 1. The first-order chi connectivity index (χ1) is 9.22. The minimum Gasteiger partial charge on any atom is -0.444 e. The van der Waals surface area contributed by atoms with Crippen molar-refractivity contribution >= 4 is 17.0 Å². The van der Waals surface area contributed by atoms with Crippen molar-refractivity contribution < 1.29 is 9.53 Å². The van der Waals surface area contributed by atoms with Gasteiger partial charge in [0, 0.05) is 36.3 Å². The van der Waals surface area contributed by atoms with E-state index in [-0.39, 0.29) is 6.61 Å². The number of amides is 1. The number of aromatic nitrogens is 1. The highest BCUT2D eigenvalue weighted by Crippen LogP contribution is 2.18. The van der Waals surface area contributed by atoms with Crippen molar-refractivity contribution in [1.82, 2.24) is 9.88 Å². The summed E-state index contributed by atoms with van der Waals surface area (Å²) in [7, 11) is 1.62. The first kappa shape index (κ1) is 13.0. The lowest BCUT2D eigenvalue weighted by Gasteiger charge is -2.14. The van der Waals surface area contributed by atoms with Crippen LogP contribution in [0.15, 0.2) is 30.5 Å². The summed E-state index contributed by atoms with van der Waals surface area (Å²) in [5, 5.41) is 9.51. The van der Waals surface area contributed by atoms with Crippen LogP contribution in [0.5, 0.6) is 0 Å². The minimum absolute atomic E-state index is 0.222. The number of para-hydroxylation sites is 1. The first-order valence-corrected chi connectivity index (χ1v) is 6.02. The van der Waals surface area contributed by atoms with Crippen molar-refractivity contribution in [2.75, 3.05) is 13.6 Å². The molecule has 0 fully saturated rings. The van der Waals surface area contributed by atoms with E-state index in [4.69, 9.17) is 10.00 Å². The van der Waals surface area contributed by atoms with E-state index in [0.29, 0.717) is 13.0 Å². The highest BCUT2D eigenvalue weighted by molar-refractivity contribution is 5.83. The van der Waals surface area contributed by atoms with Crippen LogP contribution in [0.3, 0.4) is 0 Å². The number of nitriles is 1. The van der Waals surface area contributed by atoms with Gasteiger partial charge in [0.15, 0.2) is 0 Å². The van der Waals surface area contributed by atoms with Gasteiger partial charge in [0.05, 0.1) is 12.5 Å². The molecule has 1 aromatic carbocycles. The van der Waals surface area contributed by atoms with Crippen molar-refractivity contribution in [2.24, 2.45) is 0 Å². The summed E-state index contributed by atoms with van der Waals surface area (Å²) in [5.41, 5.74) is 1.96. The molecule has 0 saturated carbocycles. The van der Waals surface area contributed by atoms with Gasteiger partial charge in [0.2, 0.25) is 0 Å². The van der Waals surface area contributed by atoms with Crippen LogP contribution in [0.1, 0.15) is 12.0 Å². The Morgan fingerprint density at radius 1 is 1.47 bits per heavy atom. The van der Waals surface area contributed by atoms with Crippen molar-refractivity contribution in [3.05, 3.63) is 36.0 Å². The highest BCUT2D eigenvalue weighted by Gasteiger charge is 2.11. The summed E-state index contributed by atoms with van der Waals surface area (Å²) in [4.78, 5) is 16.2. The number of H-pyrrole nitrogens is 1. The van der Waals surface area contributed by atoms with Crippen molar-refractivity contribution in [1.29, 1.82) is 5.26 Å². The fourth-order valence-electron chi connectivity index (χ4n) is 1.81. The Bertz CT molecular complexity index is 612. The van der Waals surface area contributed by atoms with Crippen LogP contribution >= 0.6 is 0 Å². The van der Waals surface area contributed by atoms with E-state index in [1.54, 1.807) is 7.05 Å². The second kappa shape index (κ2) is 5.91. The van der Waals surface area contributed by atoms with Crippen molar-refractivity contribution in [3.8, 4) is 6.07 Å². The topological polar surface area (TPSA) is 69.1 Å². The molecule has 0 saturated heterocycles. The molecule has 5 heteroatoms. The molecule has 1 heterocycles. The molecular formula is C14H15N3O2. The van der Waals surface area contributed by atoms with E-state index in [1.165, 1.54) is 4.90 Å². The molecule has 0 unspecified atom stereocenters. The second-order valence-electron chi connectivity index (χ2n) is 4.24. The number of aromatic amines is 1. The third kappa shape index (κ3) is 3.05. The zero-order valence-corrected chi connectivity index (χ0v) is 10.7. The number of nitrogens with one attached hydrogen (secondary N) is 1. The van der Waals surface area contributed by atoms with Gasteiger partial charge in [-0.15, -0.1) is 0 Å².